The van der Waals surface area contributed by atoms with E-state index < -0.39 is 5.97 Å². The van der Waals surface area contributed by atoms with Gasteiger partial charge in [0.25, 0.3) is 0 Å². The number of carboxylic acid groups (broad SMARTS) is 1. The lowest BCUT2D eigenvalue weighted by Crippen LogP contribution is -2.37. The molecule has 0 spiro atoms. The van der Waals surface area contributed by atoms with Crippen LogP contribution in [0.1, 0.15) is 23.0 Å². The second kappa shape index (κ2) is 6.98. The third-order valence-electron chi connectivity index (χ3n) is 3.51. The van der Waals surface area contributed by atoms with Crippen molar-refractivity contribution in [3.05, 3.63) is 35.6 Å². The van der Waals surface area contributed by atoms with Crippen LogP contribution in [-0.4, -0.2) is 40.3 Å². The third-order valence-corrected chi connectivity index (χ3v) is 4.67. The van der Waals surface area contributed by atoms with E-state index >= 15 is 0 Å². The minimum atomic E-state index is -0.993. The van der Waals surface area contributed by atoms with Gasteiger partial charge in [-0.3, -0.25) is 0 Å². The molecule has 2 aromatic rings. The summed E-state index contributed by atoms with van der Waals surface area (Å²) in [6, 6.07) is 7.15. The summed E-state index contributed by atoms with van der Waals surface area (Å²) in [7, 11) is 0. The standard InChI is InChI=1S/C15H19NO4S/c1-9(13(8-17)21-2)16-7-12-14(15(18)19)10-5-3-4-6-11(10)20-12/h3-6,9,13,16-17H,7-8H2,1-2H3,(H,18,19). The van der Waals surface area contributed by atoms with Crippen molar-refractivity contribution in [2.24, 2.45) is 0 Å². The number of rotatable bonds is 7. The Morgan fingerprint density at radius 2 is 2.14 bits per heavy atom. The molecule has 0 bridgehead atoms. The van der Waals surface area contributed by atoms with Gasteiger partial charge in [0.2, 0.25) is 0 Å². The first-order valence-electron chi connectivity index (χ1n) is 6.69. The van der Waals surface area contributed by atoms with Gasteiger partial charge in [0.1, 0.15) is 16.9 Å². The Hall–Kier alpha value is -1.50. The summed E-state index contributed by atoms with van der Waals surface area (Å²) >= 11 is 1.57. The van der Waals surface area contributed by atoms with Gasteiger partial charge >= 0.3 is 5.97 Å². The first-order valence-corrected chi connectivity index (χ1v) is 7.98. The number of fused-ring (bicyclic) bond motifs is 1. The van der Waals surface area contributed by atoms with E-state index in [2.05, 4.69) is 5.32 Å². The van der Waals surface area contributed by atoms with Crippen LogP contribution in [-0.2, 0) is 6.54 Å². The van der Waals surface area contributed by atoms with Gasteiger partial charge in [-0.1, -0.05) is 18.2 Å². The molecule has 2 unspecified atom stereocenters. The molecule has 3 N–H and O–H groups in total. The minimum absolute atomic E-state index is 0.0415. The van der Waals surface area contributed by atoms with Crippen LogP contribution < -0.4 is 5.32 Å². The number of para-hydroxylation sites is 1. The maximum Gasteiger partial charge on any atom is 0.339 e. The number of hydrogen-bond donors (Lipinski definition) is 3. The predicted octanol–water partition coefficient (Wildman–Crippen LogP) is 2.33. The number of nitrogens with one attached hydrogen (secondary N) is 1. The SMILES string of the molecule is CSC(CO)C(C)NCc1oc2ccccc2c1C(=O)O. The smallest absolute Gasteiger partial charge is 0.339 e. The molecule has 0 fully saturated rings. The Morgan fingerprint density at radius 1 is 1.43 bits per heavy atom. The molecule has 21 heavy (non-hydrogen) atoms. The van der Waals surface area contributed by atoms with Crippen LogP contribution in [0.25, 0.3) is 11.0 Å². The molecule has 1 aromatic heterocycles. The summed E-state index contributed by atoms with van der Waals surface area (Å²) in [6.07, 6.45) is 1.93. The van der Waals surface area contributed by atoms with E-state index in [1.165, 1.54) is 0 Å². The predicted molar refractivity (Wildman–Crippen MR) is 83.9 cm³/mol. The molecule has 5 nitrogen and oxygen atoms in total. The Kier molecular flexibility index (Phi) is 5.27. The summed E-state index contributed by atoms with van der Waals surface area (Å²) in [5.74, 6) is -0.582. The molecule has 0 radical (unpaired) electrons. The highest BCUT2D eigenvalue weighted by Gasteiger charge is 2.21. The van der Waals surface area contributed by atoms with Gasteiger partial charge in [-0.2, -0.15) is 11.8 Å². The van der Waals surface area contributed by atoms with Gasteiger partial charge in [0, 0.05) is 16.7 Å². The van der Waals surface area contributed by atoms with Crippen molar-refractivity contribution in [1.29, 1.82) is 0 Å². The second-order valence-corrected chi connectivity index (χ2v) is 5.90. The van der Waals surface area contributed by atoms with Gasteiger partial charge < -0.3 is 19.9 Å². The van der Waals surface area contributed by atoms with E-state index in [-0.39, 0.29) is 23.5 Å². The Bertz CT molecular complexity index is 621. The maximum absolute atomic E-state index is 11.5. The lowest BCUT2D eigenvalue weighted by molar-refractivity contribution is 0.0696. The average molecular weight is 309 g/mol. The highest BCUT2D eigenvalue weighted by atomic mass is 32.2. The number of carbonyl (C=O) groups is 1. The number of carboxylic acids is 1. The van der Waals surface area contributed by atoms with Crippen LogP contribution in [0.3, 0.4) is 0 Å². The number of aromatic carboxylic acids is 1. The van der Waals surface area contributed by atoms with Crippen molar-refractivity contribution in [3.8, 4) is 0 Å². The highest BCUT2D eigenvalue weighted by Crippen LogP contribution is 2.26. The molecule has 1 heterocycles. The van der Waals surface area contributed by atoms with E-state index in [1.807, 2.05) is 19.2 Å². The summed E-state index contributed by atoms with van der Waals surface area (Å²) in [5.41, 5.74) is 0.776. The van der Waals surface area contributed by atoms with Gasteiger partial charge in [-0.05, 0) is 19.2 Å². The van der Waals surface area contributed by atoms with Gasteiger partial charge in [0.15, 0.2) is 0 Å². The lowest BCUT2D eigenvalue weighted by Gasteiger charge is -2.20. The molecular formula is C15H19NO4S. The van der Waals surface area contributed by atoms with Crippen molar-refractivity contribution in [2.75, 3.05) is 12.9 Å². The fraction of sp³-hybridized carbons (Fsp3) is 0.400. The highest BCUT2D eigenvalue weighted by molar-refractivity contribution is 7.99. The van der Waals surface area contributed by atoms with E-state index in [9.17, 15) is 15.0 Å². The molecule has 0 amide bonds. The van der Waals surface area contributed by atoms with E-state index in [4.69, 9.17) is 4.42 Å². The van der Waals surface area contributed by atoms with Crippen LogP contribution in [0.15, 0.2) is 28.7 Å². The molecule has 0 aliphatic carbocycles. The van der Waals surface area contributed by atoms with Gasteiger partial charge in [0.05, 0.1) is 13.2 Å². The van der Waals surface area contributed by atoms with Crippen LogP contribution in [0.4, 0.5) is 0 Å². The molecule has 1 aromatic carbocycles. The normalized spacial score (nSPS) is 14.2. The topological polar surface area (TPSA) is 82.7 Å². The second-order valence-electron chi connectivity index (χ2n) is 4.83. The largest absolute Gasteiger partial charge is 0.478 e. The number of aliphatic hydroxyl groups is 1. The van der Waals surface area contributed by atoms with Gasteiger partial charge in [-0.15, -0.1) is 0 Å². The lowest BCUT2D eigenvalue weighted by atomic mass is 10.1. The first kappa shape index (κ1) is 15.9. The molecule has 2 rings (SSSR count). The van der Waals surface area contributed by atoms with E-state index in [0.29, 0.717) is 23.3 Å². The van der Waals surface area contributed by atoms with E-state index in [1.54, 1.807) is 30.0 Å². The van der Waals surface area contributed by atoms with Crippen LogP contribution in [0.5, 0.6) is 0 Å². The third kappa shape index (κ3) is 3.40. The molecule has 114 valence electrons. The van der Waals surface area contributed by atoms with Crippen molar-refractivity contribution in [2.45, 2.75) is 24.8 Å². The van der Waals surface area contributed by atoms with Crippen LogP contribution >= 0.6 is 11.8 Å². The Balaban J connectivity index is 2.22. The van der Waals surface area contributed by atoms with E-state index in [0.717, 1.165) is 0 Å². The average Bonchev–Trinajstić information content (AvgIpc) is 2.84. The quantitative estimate of drug-likeness (QED) is 0.728. The summed E-state index contributed by atoms with van der Waals surface area (Å²) in [6.45, 7) is 2.34. The Labute approximate surface area is 127 Å². The zero-order valence-corrected chi connectivity index (χ0v) is 12.8. The van der Waals surface area contributed by atoms with Gasteiger partial charge in [-0.25, -0.2) is 4.79 Å². The summed E-state index contributed by atoms with van der Waals surface area (Å²) in [5, 5.41) is 22.5. The Morgan fingerprint density at radius 3 is 2.76 bits per heavy atom. The minimum Gasteiger partial charge on any atom is -0.478 e. The zero-order chi connectivity index (χ0) is 15.4. The fourth-order valence-electron chi connectivity index (χ4n) is 2.28. The van der Waals surface area contributed by atoms with Crippen molar-refractivity contribution in [1.82, 2.24) is 5.32 Å². The molecule has 6 heteroatoms. The summed E-state index contributed by atoms with van der Waals surface area (Å²) in [4.78, 5) is 11.5. The molecule has 0 aliphatic rings. The molecular weight excluding hydrogens is 290 g/mol. The number of aliphatic hydroxyl groups excluding tert-OH is 1. The fourth-order valence-corrected chi connectivity index (χ4v) is 2.93. The maximum atomic E-state index is 11.5. The number of furan rings is 1. The van der Waals surface area contributed by atoms with Crippen molar-refractivity contribution < 1.29 is 19.4 Å². The monoisotopic (exact) mass is 309 g/mol. The molecule has 0 aliphatic heterocycles. The molecule has 2 atom stereocenters. The molecule has 0 saturated heterocycles. The number of thioether (sulfide) groups is 1. The zero-order valence-electron chi connectivity index (χ0n) is 12.0. The molecule has 0 saturated carbocycles. The summed E-state index contributed by atoms with van der Waals surface area (Å²) < 4.78 is 5.65. The van der Waals surface area contributed by atoms with Crippen molar-refractivity contribution in [3.63, 3.8) is 0 Å². The van der Waals surface area contributed by atoms with Crippen LogP contribution in [0.2, 0.25) is 0 Å². The number of hydrogen-bond acceptors (Lipinski definition) is 5. The van der Waals surface area contributed by atoms with Crippen molar-refractivity contribution >= 4 is 28.7 Å². The van der Waals surface area contributed by atoms with Crippen LogP contribution in [0, 0.1) is 0 Å². The number of benzene rings is 1. The first-order chi connectivity index (χ1) is 10.1.